The summed E-state index contributed by atoms with van der Waals surface area (Å²) in [6.45, 7) is 3.83. The summed E-state index contributed by atoms with van der Waals surface area (Å²) >= 11 is 0. The molecule has 1 fully saturated rings. The summed E-state index contributed by atoms with van der Waals surface area (Å²) < 4.78 is 38.6. The fourth-order valence-corrected chi connectivity index (χ4v) is 4.74. The van der Waals surface area contributed by atoms with Crippen molar-refractivity contribution in [3.05, 3.63) is 93.8 Å². The first-order valence-electron chi connectivity index (χ1n) is 13.9. The lowest BCUT2D eigenvalue weighted by molar-refractivity contribution is -0.137. The number of aromatic nitrogens is 2. The van der Waals surface area contributed by atoms with E-state index >= 15 is 0 Å². The molecular weight excluding hydrogens is 580 g/mol. The summed E-state index contributed by atoms with van der Waals surface area (Å²) in [5.74, 6) is -4.58. The summed E-state index contributed by atoms with van der Waals surface area (Å²) in [6, 6.07) is 5.09. The first-order chi connectivity index (χ1) is 21.0. The van der Waals surface area contributed by atoms with Crippen LogP contribution in [0.2, 0.25) is 0 Å². The predicted octanol–water partition coefficient (Wildman–Crippen LogP) is 2.59. The number of halogens is 2. The molecule has 12 nitrogen and oxygen atoms in total. The average molecular weight is 612 g/mol. The van der Waals surface area contributed by atoms with Gasteiger partial charge in [0.25, 0.3) is 11.5 Å². The maximum atomic E-state index is 14.1. The van der Waals surface area contributed by atoms with Crippen molar-refractivity contribution in [2.45, 2.75) is 45.2 Å². The van der Waals surface area contributed by atoms with Gasteiger partial charge in [0, 0.05) is 43.3 Å². The van der Waals surface area contributed by atoms with Crippen LogP contribution in [0.3, 0.4) is 0 Å². The quantitative estimate of drug-likeness (QED) is 0.208. The van der Waals surface area contributed by atoms with E-state index in [-0.39, 0.29) is 42.3 Å². The standard InChI is InChI=1S/C30H31F2N5O7/c1-3-43-26(38)9-7-20(16-19-10-11-33-27(19)39)34-29(41)25(15-18-6-8-21(31)22(32)14-18)37-12-4-5-23(30(37)42)35-28(40)24-13-17(2)44-36-24/h4-9,12-14,19-20,25H,3,10-11,15-16H2,1-2H3,(H,33,39)(H,34,41)(H,35,40)/b9-7+/t19?,20-,25+/m1/s1. The normalized spacial score (nSPS) is 15.9. The molecule has 3 N–H and O–H groups in total. The number of benzene rings is 1. The number of rotatable bonds is 12. The van der Waals surface area contributed by atoms with Gasteiger partial charge in [-0.15, -0.1) is 0 Å². The second-order valence-corrected chi connectivity index (χ2v) is 10.1. The second kappa shape index (κ2) is 14.4. The SMILES string of the molecule is CCOC(=O)/C=C/[C@H](CC1CCNC1=O)NC(=O)[C@H](Cc1ccc(F)c(F)c1)n1cccc(NC(=O)c2cc(C)on2)c1=O. The molecule has 3 atom stereocenters. The van der Waals surface area contributed by atoms with Crippen LogP contribution in [0, 0.1) is 24.5 Å². The third kappa shape index (κ3) is 8.02. The Morgan fingerprint density at radius 1 is 1.20 bits per heavy atom. The van der Waals surface area contributed by atoms with E-state index in [1.807, 2.05) is 0 Å². The Balaban J connectivity index is 1.67. The smallest absolute Gasteiger partial charge is 0.330 e. The molecule has 0 aliphatic carbocycles. The van der Waals surface area contributed by atoms with Crippen LogP contribution in [-0.2, 0) is 25.5 Å². The summed E-state index contributed by atoms with van der Waals surface area (Å²) in [7, 11) is 0. The van der Waals surface area contributed by atoms with Gasteiger partial charge in [-0.2, -0.15) is 0 Å². The maximum absolute atomic E-state index is 14.1. The third-order valence-electron chi connectivity index (χ3n) is 6.91. The zero-order valence-corrected chi connectivity index (χ0v) is 24.0. The number of hydrogen-bond donors (Lipinski definition) is 3. The first-order valence-corrected chi connectivity index (χ1v) is 13.9. The van der Waals surface area contributed by atoms with Gasteiger partial charge in [-0.3, -0.25) is 19.2 Å². The molecule has 1 aliphatic heterocycles. The largest absolute Gasteiger partial charge is 0.463 e. The molecule has 4 rings (SSSR count). The Kier molecular flexibility index (Phi) is 10.4. The molecule has 3 heterocycles. The number of carbonyl (C=O) groups is 4. The van der Waals surface area contributed by atoms with Crippen molar-refractivity contribution >= 4 is 29.4 Å². The van der Waals surface area contributed by atoms with E-state index in [0.29, 0.717) is 18.7 Å². The predicted molar refractivity (Wildman–Crippen MR) is 152 cm³/mol. The number of esters is 1. The average Bonchev–Trinajstić information content (AvgIpc) is 3.61. The van der Waals surface area contributed by atoms with Crippen LogP contribution in [0.4, 0.5) is 14.5 Å². The number of aryl methyl sites for hydroxylation is 1. The topological polar surface area (TPSA) is 162 Å². The molecule has 0 radical (unpaired) electrons. The summed E-state index contributed by atoms with van der Waals surface area (Å²) in [4.78, 5) is 64.3. The number of pyridine rings is 1. The van der Waals surface area contributed by atoms with Gasteiger partial charge in [-0.05, 0) is 56.5 Å². The molecule has 1 aliphatic rings. The van der Waals surface area contributed by atoms with Crippen LogP contribution in [0.5, 0.6) is 0 Å². The molecule has 232 valence electrons. The van der Waals surface area contributed by atoms with E-state index in [1.165, 1.54) is 36.5 Å². The fourth-order valence-electron chi connectivity index (χ4n) is 4.74. The minimum atomic E-state index is -1.32. The highest BCUT2D eigenvalue weighted by molar-refractivity contribution is 6.02. The van der Waals surface area contributed by atoms with Gasteiger partial charge in [0.2, 0.25) is 11.8 Å². The lowest BCUT2D eigenvalue weighted by atomic mass is 9.97. The van der Waals surface area contributed by atoms with Gasteiger partial charge >= 0.3 is 5.97 Å². The van der Waals surface area contributed by atoms with Crippen molar-refractivity contribution in [2.24, 2.45) is 5.92 Å². The number of ether oxygens (including phenoxy) is 1. The lowest BCUT2D eigenvalue weighted by Gasteiger charge is -2.24. The Bertz CT molecular complexity index is 1630. The van der Waals surface area contributed by atoms with Gasteiger partial charge in [0.1, 0.15) is 17.5 Å². The zero-order valence-electron chi connectivity index (χ0n) is 24.0. The van der Waals surface area contributed by atoms with Crippen molar-refractivity contribution in [3.8, 4) is 0 Å². The van der Waals surface area contributed by atoms with Crippen molar-refractivity contribution in [2.75, 3.05) is 18.5 Å². The highest BCUT2D eigenvalue weighted by atomic mass is 19.2. The molecule has 0 bridgehead atoms. The highest BCUT2D eigenvalue weighted by Crippen LogP contribution is 2.21. The number of nitrogens with zero attached hydrogens (tertiary/aromatic N) is 2. The van der Waals surface area contributed by atoms with Gasteiger partial charge < -0.3 is 29.8 Å². The van der Waals surface area contributed by atoms with Crippen LogP contribution in [0.25, 0.3) is 0 Å². The van der Waals surface area contributed by atoms with Gasteiger partial charge in [0.05, 0.1) is 6.61 Å². The molecule has 44 heavy (non-hydrogen) atoms. The van der Waals surface area contributed by atoms with Crippen LogP contribution < -0.4 is 21.5 Å². The molecule has 0 saturated carbocycles. The second-order valence-electron chi connectivity index (χ2n) is 10.1. The Morgan fingerprint density at radius 2 is 2.00 bits per heavy atom. The molecule has 14 heteroatoms. The summed E-state index contributed by atoms with van der Waals surface area (Å²) in [5.41, 5.74) is -0.807. The third-order valence-corrected chi connectivity index (χ3v) is 6.91. The van der Waals surface area contributed by atoms with Crippen molar-refractivity contribution in [3.63, 3.8) is 0 Å². The van der Waals surface area contributed by atoms with E-state index in [1.54, 1.807) is 13.8 Å². The van der Waals surface area contributed by atoms with Crippen molar-refractivity contribution in [1.29, 1.82) is 0 Å². The van der Waals surface area contributed by atoms with E-state index in [9.17, 15) is 32.8 Å². The number of anilines is 1. The first kappa shape index (κ1) is 31.8. The van der Waals surface area contributed by atoms with E-state index in [4.69, 9.17) is 9.26 Å². The van der Waals surface area contributed by atoms with Crippen LogP contribution >= 0.6 is 0 Å². The van der Waals surface area contributed by atoms with Gasteiger partial charge in [-0.1, -0.05) is 17.3 Å². The minimum Gasteiger partial charge on any atom is -0.463 e. The van der Waals surface area contributed by atoms with Crippen molar-refractivity contribution in [1.82, 2.24) is 20.4 Å². The molecule has 1 saturated heterocycles. The molecule has 0 spiro atoms. The maximum Gasteiger partial charge on any atom is 0.330 e. The van der Waals surface area contributed by atoms with Crippen LogP contribution in [-0.4, -0.2) is 52.6 Å². The zero-order chi connectivity index (χ0) is 31.8. The monoisotopic (exact) mass is 611 g/mol. The Labute approximate surface area is 250 Å². The molecule has 1 aromatic carbocycles. The van der Waals surface area contributed by atoms with E-state index < -0.39 is 53.0 Å². The van der Waals surface area contributed by atoms with E-state index in [0.717, 1.165) is 22.8 Å². The minimum absolute atomic E-state index is 0.0689. The summed E-state index contributed by atoms with van der Waals surface area (Å²) in [5, 5.41) is 11.6. The van der Waals surface area contributed by atoms with Crippen LogP contribution in [0.1, 0.15) is 47.6 Å². The highest BCUT2D eigenvalue weighted by Gasteiger charge is 2.30. The summed E-state index contributed by atoms with van der Waals surface area (Å²) in [6.07, 6.45) is 4.27. The number of nitrogens with one attached hydrogen (secondary N) is 3. The van der Waals surface area contributed by atoms with Gasteiger partial charge in [-0.25, -0.2) is 13.6 Å². The molecular formula is C30H31F2N5O7. The fraction of sp³-hybridized carbons (Fsp3) is 0.333. The van der Waals surface area contributed by atoms with Crippen molar-refractivity contribution < 1.29 is 37.2 Å². The molecule has 3 aromatic rings. The molecule has 3 amide bonds. The molecule has 2 aromatic heterocycles. The number of carbonyl (C=O) groups excluding carboxylic acids is 4. The van der Waals surface area contributed by atoms with E-state index in [2.05, 4.69) is 21.1 Å². The lowest BCUT2D eigenvalue weighted by Crippen LogP contribution is -2.43. The number of amides is 3. The Morgan fingerprint density at radius 3 is 2.66 bits per heavy atom. The van der Waals surface area contributed by atoms with Gasteiger partial charge in [0.15, 0.2) is 17.3 Å². The number of hydrogen-bond acceptors (Lipinski definition) is 8. The van der Waals surface area contributed by atoms with Crippen LogP contribution in [0.15, 0.2) is 64.1 Å². The molecule has 1 unspecified atom stereocenters. The Hall–Kier alpha value is -5.14.